The van der Waals surface area contributed by atoms with Crippen LogP contribution in [0.25, 0.3) is 11.4 Å². The van der Waals surface area contributed by atoms with E-state index in [-0.39, 0.29) is 27.0 Å². The second kappa shape index (κ2) is 7.96. The fourth-order valence-corrected chi connectivity index (χ4v) is 5.11. The minimum absolute atomic E-state index is 0.0161. The van der Waals surface area contributed by atoms with Crippen LogP contribution in [0, 0.1) is 18.6 Å². The third kappa shape index (κ3) is 3.91. The van der Waals surface area contributed by atoms with Crippen molar-refractivity contribution in [1.82, 2.24) is 14.8 Å². The van der Waals surface area contributed by atoms with Gasteiger partial charge in [-0.1, -0.05) is 24.1 Å². The van der Waals surface area contributed by atoms with Crippen LogP contribution in [0.15, 0.2) is 35.2 Å². The molecule has 0 bridgehead atoms. The number of halogens is 3. The number of aryl methyl sites for hydroxylation is 2. The second-order valence-electron chi connectivity index (χ2n) is 7.23. The molecule has 0 unspecified atom stereocenters. The van der Waals surface area contributed by atoms with Gasteiger partial charge in [0, 0.05) is 24.1 Å². The lowest BCUT2D eigenvalue weighted by Gasteiger charge is -2.14. The van der Waals surface area contributed by atoms with E-state index in [0.717, 1.165) is 37.6 Å². The normalized spacial score (nSPS) is 14.3. The van der Waals surface area contributed by atoms with Gasteiger partial charge in [0.2, 0.25) is 0 Å². The predicted octanol–water partition coefficient (Wildman–Crippen LogP) is 4.71. The smallest absolute Gasteiger partial charge is 0.262 e. The Bertz CT molecular complexity index is 1230. The molecule has 4 rings (SSSR count). The fraction of sp³-hybridized carbons (Fsp3) is 0.300. The van der Waals surface area contributed by atoms with E-state index in [1.54, 1.807) is 19.1 Å². The van der Waals surface area contributed by atoms with E-state index in [9.17, 15) is 17.2 Å². The second-order valence-corrected chi connectivity index (χ2v) is 9.32. The Labute approximate surface area is 178 Å². The molecule has 2 aromatic carbocycles. The summed E-state index contributed by atoms with van der Waals surface area (Å²) in [5.74, 6) is -0.879. The molecule has 0 fully saturated rings. The quantitative estimate of drug-likeness (QED) is 0.621. The van der Waals surface area contributed by atoms with Crippen LogP contribution in [-0.2, 0) is 23.0 Å². The third-order valence-electron chi connectivity index (χ3n) is 5.09. The van der Waals surface area contributed by atoms with Crippen LogP contribution < -0.4 is 4.72 Å². The first-order valence-corrected chi connectivity index (χ1v) is 11.3. The highest BCUT2D eigenvalue weighted by atomic mass is 35.5. The zero-order valence-corrected chi connectivity index (χ0v) is 17.7. The van der Waals surface area contributed by atoms with Crippen molar-refractivity contribution in [3.8, 4) is 11.4 Å². The van der Waals surface area contributed by atoms with Gasteiger partial charge in [-0.3, -0.25) is 4.72 Å². The maximum atomic E-state index is 14.6. The first-order chi connectivity index (χ1) is 14.3. The van der Waals surface area contributed by atoms with Crippen LogP contribution in [-0.4, -0.2) is 23.2 Å². The summed E-state index contributed by atoms with van der Waals surface area (Å²) >= 11 is 5.92. The van der Waals surface area contributed by atoms with Crippen molar-refractivity contribution in [3.63, 3.8) is 0 Å². The third-order valence-corrected chi connectivity index (χ3v) is 6.83. The molecular weight excluding hydrogens is 434 g/mol. The Morgan fingerprint density at radius 1 is 1.07 bits per heavy atom. The highest BCUT2D eigenvalue weighted by molar-refractivity contribution is 7.92. The zero-order chi connectivity index (χ0) is 21.5. The van der Waals surface area contributed by atoms with E-state index >= 15 is 0 Å². The van der Waals surface area contributed by atoms with Crippen molar-refractivity contribution in [2.45, 2.75) is 44.0 Å². The standard InChI is InChI=1S/C20H19ClF2N4O2S/c1-12-6-7-13(21)9-18(12)30(28,29)26-17-10-14(15(22)11-16(17)23)20-25-24-19-5-3-2-4-8-27(19)20/h6-7,9-11,26H,2-5,8H2,1H3. The highest BCUT2D eigenvalue weighted by Gasteiger charge is 2.24. The number of fused-ring (bicyclic) bond motifs is 1. The molecule has 0 atom stereocenters. The number of sulfonamides is 1. The van der Waals surface area contributed by atoms with E-state index in [2.05, 4.69) is 14.9 Å². The molecule has 1 N–H and O–H groups in total. The topological polar surface area (TPSA) is 76.9 Å². The molecule has 30 heavy (non-hydrogen) atoms. The van der Waals surface area contributed by atoms with Crippen molar-refractivity contribution in [2.24, 2.45) is 0 Å². The monoisotopic (exact) mass is 452 g/mol. The molecule has 2 heterocycles. The van der Waals surface area contributed by atoms with Crippen LogP contribution in [0.3, 0.4) is 0 Å². The van der Waals surface area contributed by atoms with E-state index in [4.69, 9.17) is 11.6 Å². The lowest BCUT2D eigenvalue weighted by atomic mass is 10.1. The van der Waals surface area contributed by atoms with Crippen LogP contribution in [0.2, 0.25) is 5.02 Å². The summed E-state index contributed by atoms with van der Waals surface area (Å²) in [6.07, 6.45) is 3.62. The maximum Gasteiger partial charge on any atom is 0.262 e. The molecule has 1 aliphatic heterocycles. The zero-order valence-electron chi connectivity index (χ0n) is 16.1. The molecule has 0 aliphatic carbocycles. The van der Waals surface area contributed by atoms with Gasteiger partial charge in [-0.25, -0.2) is 17.2 Å². The lowest BCUT2D eigenvalue weighted by molar-refractivity contribution is 0.581. The Balaban J connectivity index is 1.76. The highest BCUT2D eigenvalue weighted by Crippen LogP contribution is 2.31. The number of nitrogens with zero attached hydrogens (tertiary/aromatic N) is 3. The molecule has 0 spiro atoms. The molecule has 0 radical (unpaired) electrons. The fourth-order valence-electron chi connectivity index (χ4n) is 3.55. The largest absolute Gasteiger partial charge is 0.311 e. The first kappa shape index (κ1) is 20.7. The minimum atomic E-state index is -4.15. The van der Waals surface area contributed by atoms with Crippen LogP contribution >= 0.6 is 11.6 Å². The van der Waals surface area contributed by atoms with Crippen molar-refractivity contribution in [3.05, 3.63) is 58.4 Å². The van der Waals surface area contributed by atoms with Crippen LogP contribution in [0.5, 0.6) is 0 Å². The van der Waals surface area contributed by atoms with E-state index in [1.165, 1.54) is 6.07 Å². The first-order valence-electron chi connectivity index (χ1n) is 9.47. The molecule has 1 aliphatic rings. The van der Waals surface area contributed by atoms with Gasteiger partial charge in [0.1, 0.15) is 17.5 Å². The molecule has 158 valence electrons. The van der Waals surface area contributed by atoms with Gasteiger partial charge < -0.3 is 4.57 Å². The predicted molar refractivity (Wildman–Crippen MR) is 110 cm³/mol. The maximum absolute atomic E-state index is 14.6. The molecule has 3 aromatic rings. The average molecular weight is 453 g/mol. The van der Waals surface area contributed by atoms with Crippen LogP contribution in [0.1, 0.15) is 30.7 Å². The summed E-state index contributed by atoms with van der Waals surface area (Å²) in [5, 5.41) is 8.44. The number of anilines is 1. The Morgan fingerprint density at radius 2 is 1.87 bits per heavy atom. The summed E-state index contributed by atoms with van der Waals surface area (Å²) in [4.78, 5) is -0.0865. The summed E-state index contributed by atoms with van der Waals surface area (Å²) in [6.45, 7) is 2.22. The number of hydrogen-bond donors (Lipinski definition) is 1. The molecule has 0 amide bonds. The lowest BCUT2D eigenvalue weighted by Crippen LogP contribution is -2.16. The molecule has 0 saturated heterocycles. The Kier molecular flexibility index (Phi) is 5.50. The summed E-state index contributed by atoms with van der Waals surface area (Å²) in [5.41, 5.74) is 0.0479. The summed E-state index contributed by atoms with van der Waals surface area (Å²) in [7, 11) is -4.15. The molecule has 0 saturated carbocycles. The van der Waals surface area contributed by atoms with Gasteiger partial charge in [0.05, 0.1) is 16.1 Å². The number of rotatable bonds is 4. The Morgan fingerprint density at radius 3 is 2.67 bits per heavy atom. The number of nitrogens with one attached hydrogen (secondary N) is 1. The van der Waals surface area contributed by atoms with Crippen molar-refractivity contribution in [2.75, 3.05) is 4.72 Å². The minimum Gasteiger partial charge on any atom is -0.311 e. The molecular formula is C20H19ClF2N4O2S. The Hall–Kier alpha value is -2.52. The number of hydrogen-bond acceptors (Lipinski definition) is 4. The molecule has 6 nitrogen and oxygen atoms in total. The van der Waals surface area contributed by atoms with Gasteiger partial charge in [-0.05, 0) is 43.5 Å². The van der Waals surface area contributed by atoms with Gasteiger partial charge in [0.15, 0.2) is 5.82 Å². The van der Waals surface area contributed by atoms with Gasteiger partial charge in [-0.2, -0.15) is 0 Å². The van der Waals surface area contributed by atoms with Gasteiger partial charge >= 0.3 is 0 Å². The van der Waals surface area contributed by atoms with Gasteiger partial charge in [0.25, 0.3) is 10.0 Å². The molecule has 1 aromatic heterocycles. The molecule has 10 heteroatoms. The van der Waals surface area contributed by atoms with Crippen molar-refractivity contribution in [1.29, 1.82) is 0 Å². The number of aromatic nitrogens is 3. The summed E-state index contributed by atoms with van der Waals surface area (Å²) < 4.78 is 58.8. The van der Waals surface area contributed by atoms with Crippen LogP contribution in [0.4, 0.5) is 14.5 Å². The van der Waals surface area contributed by atoms with E-state index in [0.29, 0.717) is 18.2 Å². The van der Waals surface area contributed by atoms with E-state index in [1.807, 2.05) is 4.57 Å². The summed E-state index contributed by atoms with van der Waals surface area (Å²) in [6, 6.07) is 6.15. The van der Waals surface area contributed by atoms with Crippen molar-refractivity contribution >= 4 is 27.3 Å². The SMILES string of the molecule is Cc1ccc(Cl)cc1S(=O)(=O)Nc1cc(-c2nnc3n2CCCCC3)c(F)cc1F. The van der Waals surface area contributed by atoms with E-state index < -0.39 is 21.7 Å². The number of benzene rings is 2. The average Bonchev–Trinajstić information content (AvgIpc) is 2.93. The van der Waals surface area contributed by atoms with Gasteiger partial charge in [-0.15, -0.1) is 10.2 Å². The van der Waals surface area contributed by atoms with Crippen molar-refractivity contribution < 1.29 is 17.2 Å².